The van der Waals surface area contributed by atoms with E-state index in [1.165, 1.54) is 4.88 Å². The lowest BCUT2D eigenvalue weighted by Crippen LogP contribution is -2.42. The second-order valence-corrected chi connectivity index (χ2v) is 7.98. The third-order valence-corrected chi connectivity index (χ3v) is 6.29. The minimum Gasteiger partial charge on any atom is -0.378 e. The second kappa shape index (κ2) is 7.07. The van der Waals surface area contributed by atoms with Gasteiger partial charge in [-0.1, -0.05) is 0 Å². The molecule has 0 N–H and O–H groups in total. The van der Waals surface area contributed by atoms with Gasteiger partial charge in [-0.2, -0.15) is 0 Å². The summed E-state index contributed by atoms with van der Waals surface area (Å²) in [6.45, 7) is 7.87. The van der Waals surface area contributed by atoms with Crippen LogP contribution in [0.25, 0.3) is 0 Å². The van der Waals surface area contributed by atoms with E-state index in [2.05, 4.69) is 16.8 Å². The molecule has 0 spiro atoms. The topological polar surface area (TPSA) is 54.9 Å². The quantitative estimate of drug-likeness (QED) is 0.818. The lowest BCUT2D eigenvalue weighted by Gasteiger charge is -2.28. The van der Waals surface area contributed by atoms with Crippen LogP contribution in [0.1, 0.15) is 23.4 Å². The third-order valence-electron chi connectivity index (χ3n) is 5.37. The van der Waals surface area contributed by atoms with E-state index in [-0.39, 0.29) is 12.0 Å². The molecule has 0 bridgehead atoms. The van der Waals surface area contributed by atoms with Gasteiger partial charge in [0, 0.05) is 43.5 Å². The summed E-state index contributed by atoms with van der Waals surface area (Å²) in [5.74, 6) is 0.793. The van der Waals surface area contributed by atoms with Gasteiger partial charge in [0.25, 0.3) is 0 Å². The number of nitrogens with zero attached hydrogens (tertiary/aromatic N) is 3. The standard InChI is InChI=1S/C17H25N3O3S/c1-12-16(24-11-18-12)10-19-8-13-6-14(23-15(13)9-19)7-17(21)20-2-4-22-5-3-20/h11,13-15H,2-10H2,1H3/t13-,14-,15+/m1/s1. The smallest absolute Gasteiger partial charge is 0.225 e. The van der Waals surface area contributed by atoms with E-state index in [9.17, 15) is 4.79 Å². The molecule has 1 amide bonds. The zero-order valence-corrected chi connectivity index (χ0v) is 15.0. The lowest BCUT2D eigenvalue weighted by atomic mass is 10.0. The highest BCUT2D eigenvalue weighted by molar-refractivity contribution is 7.09. The molecule has 4 rings (SSSR count). The van der Waals surface area contributed by atoms with Crippen molar-refractivity contribution >= 4 is 17.2 Å². The fraction of sp³-hybridized carbons (Fsp3) is 0.765. The van der Waals surface area contributed by atoms with E-state index in [1.807, 2.05) is 10.4 Å². The zero-order valence-electron chi connectivity index (χ0n) is 14.1. The maximum atomic E-state index is 12.4. The minimum atomic E-state index is 0.0997. The normalized spacial score (nSPS) is 30.7. The number of thiazole rings is 1. The van der Waals surface area contributed by atoms with Crippen LogP contribution in [-0.2, 0) is 20.8 Å². The van der Waals surface area contributed by atoms with Crippen LogP contribution in [0.4, 0.5) is 0 Å². The number of aromatic nitrogens is 1. The van der Waals surface area contributed by atoms with Crippen molar-refractivity contribution in [1.82, 2.24) is 14.8 Å². The van der Waals surface area contributed by atoms with Gasteiger partial charge in [0.05, 0.1) is 43.0 Å². The van der Waals surface area contributed by atoms with E-state index < -0.39 is 0 Å². The molecule has 0 saturated carbocycles. The van der Waals surface area contributed by atoms with Gasteiger partial charge in [0.15, 0.2) is 0 Å². The lowest BCUT2D eigenvalue weighted by molar-refractivity contribution is -0.138. The number of rotatable bonds is 4. The van der Waals surface area contributed by atoms with Crippen LogP contribution in [0.3, 0.4) is 0 Å². The van der Waals surface area contributed by atoms with Crippen molar-refractivity contribution in [3.05, 3.63) is 16.1 Å². The molecule has 0 radical (unpaired) electrons. The Bertz CT molecular complexity index is 573. The van der Waals surface area contributed by atoms with Crippen LogP contribution in [0.2, 0.25) is 0 Å². The highest BCUT2D eigenvalue weighted by Gasteiger charge is 2.42. The van der Waals surface area contributed by atoms with Crippen LogP contribution in [0.15, 0.2) is 5.51 Å². The van der Waals surface area contributed by atoms with Crippen LogP contribution < -0.4 is 0 Å². The van der Waals surface area contributed by atoms with Gasteiger partial charge < -0.3 is 14.4 Å². The maximum absolute atomic E-state index is 12.4. The average molecular weight is 351 g/mol. The molecule has 4 heterocycles. The summed E-state index contributed by atoms with van der Waals surface area (Å²) in [5.41, 5.74) is 3.07. The number of hydrogen-bond acceptors (Lipinski definition) is 6. The summed E-state index contributed by atoms with van der Waals surface area (Å²) in [6.07, 6.45) is 1.93. The molecule has 132 valence electrons. The predicted molar refractivity (Wildman–Crippen MR) is 90.9 cm³/mol. The van der Waals surface area contributed by atoms with Crippen LogP contribution in [0, 0.1) is 12.8 Å². The molecule has 1 aromatic rings. The summed E-state index contributed by atoms with van der Waals surface area (Å²) < 4.78 is 11.5. The molecule has 3 atom stereocenters. The molecule has 1 aromatic heterocycles. The van der Waals surface area contributed by atoms with Gasteiger partial charge in [-0.3, -0.25) is 9.69 Å². The first-order valence-electron chi connectivity index (χ1n) is 8.81. The Hall–Kier alpha value is -1.02. The Morgan fingerprint density at radius 2 is 2.21 bits per heavy atom. The van der Waals surface area contributed by atoms with Gasteiger partial charge in [-0.25, -0.2) is 4.98 Å². The fourth-order valence-electron chi connectivity index (χ4n) is 4.03. The molecule has 0 aliphatic carbocycles. The molecule has 3 saturated heterocycles. The van der Waals surface area contributed by atoms with Crippen molar-refractivity contribution in [2.24, 2.45) is 5.92 Å². The van der Waals surface area contributed by atoms with Gasteiger partial charge in [0.1, 0.15) is 0 Å². The molecule has 7 heteroatoms. The highest BCUT2D eigenvalue weighted by Crippen LogP contribution is 2.35. The predicted octanol–water partition coefficient (Wildman–Crippen LogP) is 1.29. The summed E-state index contributed by atoms with van der Waals surface area (Å²) in [6, 6.07) is 0. The van der Waals surface area contributed by atoms with E-state index in [4.69, 9.17) is 9.47 Å². The molecule has 0 unspecified atom stereocenters. The van der Waals surface area contributed by atoms with E-state index >= 15 is 0 Å². The van der Waals surface area contributed by atoms with Crippen molar-refractivity contribution in [1.29, 1.82) is 0 Å². The van der Waals surface area contributed by atoms with Crippen molar-refractivity contribution < 1.29 is 14.3 Å². The summed E-state index contributed by atoms with van der Waals surface area (Å²) in [5, 5.41) is 0. The van der Waals surface area contributed by atoms with Gasteiger partial charge in [-0.15, -0.1) is 11.3 Å². The molecule has 3 aliphatic rings. The Morgan fingerprint density at radius 1 is 1.38 bits per heavy atom. The van der Waals surface area contributed by atoms with Gasteiger partial charge in [-0.05, 0) is 13.3 Å². The number of ether oxygens (including phenoxy) is 2. The molecule has 3 fully saturated rings. The first-order chi connectivity index (χ1) is 11.7. The summed E-state index contributed by atoms with van der Waals surface area (Å²) in [4.78, 5) is 22.4. The maximum Gasteiger partial charge on any atom is 0.225 e. The van der Waals surface area contributed by atoms with E-state index in [0.717, 1.165) is 44.8 Å². The highest BCUT2D eigenvalue weighted by atomic mass is 32.1. The summed E-state index contributed by atoms with van der Waals surface area (Å²) in [7, 11) is 0. The molecular weight excluding hydrogens is 326 g/mol. The third kappa shape index (κ3) is 3.49. The number of aryl methyl sites for hydroxylation is 1. The van der Waals surface area contributed by atoms with Crippen molar-refractivity contribution in [2.45, 2.75) is 38.5 Å². The molecular formula is C17H25N3O3S. The fourth-order valence-corrected chi connectivity index (χ4v) is 4.84. The van der Waals surface area contributed by atoms with Gasteiger partial charge >= 0.3 is 0 Å². The van der Waals surface area contributed by atoms with Crippen molar-refractivity contribution in [3.8, 4) is 0 Å². The molecule has 0 aromatic carbocycles. The Balaban J connectivity index is 1.25. The number of amides is 1. The first-order valence-corrected chi connectivity index (χ1v) is 9.69. The number of morpholine rings is 1. The number of hydrogen-bond donors (Lipinski definition) is 0. The number of carbonyl (C=O) groups excluding carboxylic acids is 1. The molecule has 24 heavy (non-hydrogen) atoms. The molecule has 6 nitrogen and oxygen atoms in total. The number of fused-ring (bicyclic) bond motifs is 1. The minimum absolute atomic E-state index is 0.0997. The number of carbonyl (C=O) groups is 1. The number of likely N-dealkylation sites (tertiary alicyclic amines) is 1. The van der Waals surface area contributed by atoms with Crippen molar-refractivity contribution in [2.75, 3.05) is 39.4 Å². The van der Waals surface area contributed by atoms with Gasteiger partial charge in [0.2, 0.25) is 5.91 Å². The van der Waals surface area contributed by atoms with Crippen LogP contribution in [-0.4, -0.2) is 72.3 Å². The molecule has 3 aliphatic heterocycles. The van der Waals surface area contributed by atoms with E-state index in [1.54, 1.807) is 11.3 Å². The Kier molecular flexibility index (Phi) is 4.85. The Morgan fingerprint density at radius 3 is 2.92 bits per heavy atom. The van der Waals surface area contributed by atoms with Crippen LogP contribution in [0.5, 0.6) is 0 Å². The SMILES string of the molecule is Cc1ncsc1CN1C[C@H]2C[C@H](CC(=O)N3CCOCC3)O[C@H]2C1. The summed E-state index contributed by atoms with van der Waals surface area (Å²) >= 11 is 1.74. The first kappa shape index (κ1) is 16.4. The Labute approximate surface area is 146 Å². The van der Waals surface area contributed by atoms with Crippen LogP contribution >= 0.6 is 11.3 Å². The zero-order chi connectivity index (χ0) is 16.5. The average Bonchev–Trinajstić information content (AvgIpc) is 3.24. The second-order valence-electron chi connectivity index (χ2n) is 7.04. The monoisotopic (exact) mass is 351 g/mol. The van der Waals surface area contributed by atoms with Crippen molar-refractivity contribution in [3.63, 3.8) is 0 Å². The van der Waals surface area contributed by atoms with E-state index in [0.29, 0.717) is 31.7 Å². The largest absolute Gasteiger partial charge is 0.378 e.